The monoisotopic (exact) mass is 334 g/mol. The minimum Gasteiger partial charge on any atom is -0.356 e. The summed E-state index contributed by atoms with van der Waals surface area (Å²) in [6.07, 6.45) is 0.738. The van der Waals surface area contributed by atoms with E-state index in [0.717, 1.165) is 23.1 Å². The van der Waals surface area contributed by atoms with Gasteiger partial charge in [0.2, 0.25) is 5.91 Å². The molecule has 0 spiro atoms. The van der Waals surface area contributed by atoms with Gasteiger partial charge in [-0.25, -0.2) is 9.38 Å². The van der Waals surface area contributed by atoms with Crippen molar-refractivity contribution in [3.8, 4) is 0 Å². The van der Waals surface area contributed by atoms with E-state index in [4.69, 9.17) is 0 Å². The van der Waals surface area contributed by atoms with Gasteiger partial charge in [-0.05, 0) is 43.5 Å². The molecule has 0 aliphatic carbocycles. The molecular formula is C18H27FN4O. The highest BCUT2D eigenvalue weighted by Gasteiger charge is 2.05. The summed E-state index contributed by atoms with van der Waals surface area (Å²) < 4.78 is 13.1. The molecule has 0 atom stereocenters. The molecule has 24 heavy (non-hydrogen) atoms. The number of halogens is 1. The summed E-state index contributed by atoms with van der Waals surface area (Å²) in [6.45, 7) is 8.94. The third-order valence-electron chi connectivity index (χ3n) is 3.42. The normalized spacial score (nSPS) is 11.1. The Labute approximate surface area is 143 Å². The molecule has 0 aliphatic heterocycles. The van der Waals surface area contributed by atoms with Crippen LogP contribution in [0.2, 0.25) is 0 Å². The summed E-state index contributed by atoms with van der Waals surface area (Å²) in [5.74, 6) is 0.269. The van der Waals surface area contributed by atoms with Crippen LogP contribution in [0.3, 0.4) is 0 Å². The van der Waals surface area contributed by atoms with Crippen molar-refractivity contribution in [3.63, 3.8) is 0 Å². The first kappa shape index (κ1) is 19.7. The molecule has 0 aliphatic rings. The van der Waals surface area contributed by atoms with Crippen LogP contribution in [-0.4, -0.2) is 50.5 Å². The number of likely N-dealkylation sites (N-methyl/N-ethyl adjacent to an activating group) is 1. The Morgan fingerprint density at radius 2 is 2.04 bits per heavy atom. The molecule has 0 unspecified atom stereocenters. The minimum absolute atomic E-state index is 0.0687. The molecule has 1 aromatic rings. The zero-order valence-electron chi connectivity index (χ0n) is 14.9. The number of nitrogens with zero attached hydrogens (tertiary/aromatic N) is 2. The zero-order chi connectivity index (χ0) is 18.1. The lowest BCUT2D eigenvalue weighted by molar-refractivity contribution is -0.127. The van der Waals surface area contributed by atoms with Gasteiger partial charge in [0.15, 0.2) is 5.96 Å². The maximum atomic E-state index is 13.1. The number of aryl methyl sites for hydroxylation is 1. The molecule has 0 aromatic heterocycles. The van der Waals surface area contributed by atoms with E-state index in [2.05, 4.69) is 22.2 Å². The van der Waals surface area contributed by atoms with Gasteiger partial charge >= 0.3 is 0 Å². The predicted molar refractivity (Wildman–Crippen MR) is 96.7 cm³/mol. The average molecular weight is 334 g/mol. The number of guanidine groups is 1. The van der Waals surface area contributed by atoms with Gasteiger partial charge in [-0.3, -0.25) is 4.79 Å². The second-order valence-electron chi connectivity index (χ2n) is 6.01. The van der Waals surface area contributed by atoms with Crippen LogP contribution in [0, 0.1) is 12.7 Å². The summed E-state index contributed by atoms with van der Waals surface area (Å²) in [5.41, 5.74) is 2.97. The van der Waals surface area contributed by atoms with Gasteiger partial charge in [-0.2, -0.15) is 0 Å². The number of hydrogen-bond acceptors (Lipinski definition) is 2. The van der Waals surface area contributed by atoms with Crippen LogP contribution in [0.15, 0.2) is 35.3 Å². The van der Waals surface area contributed by atoms with Gasteiger partial charge in [0.1, 0.15) is 12.4 Å². The number of amides is 1. The highest BCUT2D eigenvalue weighted by molar-refractivity contribution is 5.84. The fourth-order valence-electron chi connectivity index (χ4n) is 1.95. The topological polar surface area (TPSA) is 56.7 Å². The molecule has 1 rings (SSSR count). The molecule has 0 fully saturated rings. The highest BCUT2D eigenvalue weighted by Crippen LogP contribution is 2.10. The second kappa shape index (κ2) is 9.70. The highest BCUT2D eigenvalue weighted by atomic mass is 19.1. The molecule has 1 amide bonds. The van der Waals surface area contributed by atoms with Crippen molar-refractivity contribution in [2.75, 3.05) is 33.7 Å². The van der Waals surface area contributed by atoms with Gasteiger partial charge in [0, 0.05) is 27.2 Å². The first-order valence-corrected chi connectivity index (χ1v) is 7.91. The molecule has 132 valence electrons. The summed E-state index contributed by atoms with van der Waals surface area (Å²) in [6, 6.07) is 4.78. The Balaban J connectivity index is 2.61. The minimum atomic E-state index is -0.225. The van der Waals surface area contributed by atoms with E-state index in [0.29, 0.717) is 19.0 Å². The van der Waals surface area contributed by atoms with E-state index < -0.39 is 0 Å². The second-order valence-corrected chi connectivity index (χ2v) is 6.01. The van der Waals surface area contributed by atoms with Crippen molar-refractivity contribution < 1.29 is 9.18 Å². The van der Waals surface area contributed by atoms with E-state index >= 15 is 0 Å². The van der Waals surface area contributed by atoms with Crippen LogP contribution in [0.5, 0.6) is 0 Å². The zero-order valence-corrected chi connectivity index (χ0v) is 14.9. The summed E-state index contributed by atoms with van der Waals surface area (Å²) in [4.78, 5) is 17.5. The molecule has 0 heterocycles. The van der Waals surface area contributed by atoms with E-state index in [9.17, 15) is 9.18 Å². The quantitative estimate of drug-likeness (QED) is 0.455. The van der Waals surface area contributed by atoms with Crippen LogP contribution in [0.25, 0.3) is 0 Å². The Morgan fingerprint density at radius 3 is 2.62 bits per heavy atom. The third-order valence-corrected chi connectivity index (χ3v) is 3.42. The standard InChI is InChI=1S/C18H27FN4O/c1-13(2)11-21-18(22-12-17(24)23(4)5)20-9-8-15-6-7-16(19)10-14(15)3/h6-7,10H,1,8-9,11-12H2,2-5H3,(H2,20,21,22). The maximum absolute atomic E-state index is 13.1. The number of carbonyl (C=O) groups excluding carboxylic acids is 1. The fourth-order valence-corrected chi connectivity index (χ4v) is 1.95. The predicted octanol–water partition coefficient (Wildman–Crippen LogP) is 1.88. The molecule has 2 N–H and O–H groups in total. The smallest absolute Gasteiger partial charge is 0.243 e. The molecule has 0 bridgehead atoms. The molecule has 1 aromatic carbocycles. The van der Waals surface area contributed by atoms with E-state index in [1.807, 2.05) is 13.8 Å². The lowest BCUT2D eigenvalue weighted by Crippen LogP contribution is -2.40. The number of rotatable bonds is 7. The molecule has 0 radical (unpaired) electrons. The number of carbonyl (C=O) groups is 1. The first-order chi connectivity index (χ1) is 11.3. The number of nitrogens with one attached hydrogen (secondary N) is 2. The van der Waals surface area contributed by atoms with Gasteiger partial charge in [-0.15, -0.1) is 0 Å². The maximum Gasteiger partial charge on any atom is 0.243 e. The Bertz CT molecular complexity index is 611. The van der Waals surface area contributed by atoms with Crippen LogP contribution in [-0.2, 0) is 11.2 Å². The van der Waals surface area contributed by atoms with Gasteiger partial charge < -0.3 is 15.5 Å². The summed E-state index contributed by atoms with van der Waals surface area (Å²) in [7, 11) is 3.40. The summed E-state index contributed by atoms with van der Waals surface area (Å²) in [5, 5.41) is 6.33. The fraction of sp³-hybridized carbons (Fsp3) is 0.444. The molecule has 0 saturated carbocycles. The molecule has 0 saturated heterocycles. The van der Waals surface area contributed by atoms with Crippen molar-refractivity contribution in [1.82, 2.24) is 15.5 Å². The molecule has 5 nitrogen and oxygen atoms in total. The first-order valence-electron chi connectivity index (χ1n) is 7.91. The van der Waals surface area contributed by atoms with Crippen molar-refractivity contribution in [1.29, 1.82) is 0 Å². The average Bonchev–Trinajstić information content (AvgIpc) is 2.50. The van der Waals surface area contributed by atoms with Crippen LogP contribution in [0.4, 0.5) is 4.39 Å². The van der Waals surface area contributed by atoms with Crippen molar-refractivity contribution in [2.45, 2.75) is 20.3 Å². The van der Waals surface area contributed by atoms with Gasteiger partial charge in [-0.1, -0.05) is 18.2 Å². The Kier molecular flexibility index (Phi) is 7.95. The van der Waals surface area contributed by atoms with Crippen molar-refractivity contribution in [2.24, 2.45) is 4.99 Å². The summed E-state index contributed by atoms with van der Waals surface area (Å²) >= 11 is 0. The molecular weight excluding hydrogens is 307 g/mol. The van der Waals surface area contributed by atoms with E-state index in [1.165, 1.54) is 17.0 Å². The lowest BCUT2D eigenvalue weighted by atomic mass is 10.1. The largest absolute Gasteiger partial charge is 0.356 e. The van der Waals surface area contributed by atoms with Gasteiger partial charge in [0.25, 0.3) is 0 Å². The Morgan fingerprint density at radius 1 is 1.33 bits per heavy atom. The van der Waals surface area contributed by atoms with Crippen LogP contribution < -0.4 is 10.6 Å². The van der Waals surface area contributed by atoms with Crippen LogP contribution in [0.1, 0.15) is 18.1 Å². The number of benzene rings is 1. The third kappa shape index (κ3) is 7.26. The van der Waals surface area contributed by atoms with Gasteiger partial charge in [0.05, 0.1) is 0 Å². The number of hydrogen-bond donors (Lipinski definition) is 2. The van der Waals surface area contributed by atoms with E-state index in [-0.39, 0.29) is 18.3 Å². The number of aliphatic imine (C=N–C) groups is 1. The van der Waals surface area contributed by atoms with Crippen LogP contribution >= 0.6 is 0 Å². The van der Waals surface area contributed by atoms with E-state index in [1.54, 1.807) is 20.2 Å². The Hall–Kier alpha value is -2.37. The van der Waals surface area contributed by atoms with Crippen molar-refractivity contribution in [3.05, 3.63) is 47.3 Å². The van der Waals surface area contributed by atoms with Crippen molar-refractivity contribution >= 4 is 11.9 Å². The lowest BCUT2D eigenvalue weighted by Gasteiger charge is -2.14. The SMILES string of the molecule is C=C(C)CNC(=NCC(=O)N(C)C)NCCc1ccc(F)cc1C. The molecule has 6 heteroatoms.